The molecule has 0 unspecified atom stereocenters. The van der Waals surface area contributed by atoms with Gasteiger partial charge in [-0.3, -0.25) is 0 Å². The predicted molar refractivity (Wildman–Crippen MR) is 55.4 cm³/mol. The summed E-state index contributed by atoms with van der Waals surface area (Å²) in [5.41, 5.74) is 0. The first-order valence-electron chi connectivity index (χ1n) is 4.25. The minimum absolute atomic E-state index is 0.472. The van der Waals surface area contributed by atoms with Gasteiger partial charge in [-0.05, 0) is 24.5 Å². The SMILES string of the molecule is C[C@@H]1C[C@H]1Nc1nc(Cl)ccc1Cl. The molecule has 1 aliphatic carbocycles. The first-order chi connectivity index (χ1) is 6.16. The van der Waals surface area contributed by atoms with Crippen molar-refractivity contribution in [2.24, 2.45) is 5.92 Å². The Morgan fingerprint density at radius 3 is 2.77 bits per heavy atom. The molecule has 4 heteroatoms. The molecule has 13 heavy (non-hydrogen) atoms. The number of hydrogen-bond acceptors (Lipinski definition) is 2. The van der Waals surface area contributed by atoms with Crippen molar-refractivity contribution < 1.29 is 0 Å². The molecule has 1 aliphatic rings. The Bertz CT molecular complexity index is 327. The van der Waals surface area contributed by atoms with Gasteiger partial charge >= 0.3 is 0 Å². The maximum absolute atomic E-state index is 5.93. The lowest BCUT2D eigenvalue weighted by molar-refractivity contribution is 0.924. The number of hydrogen-bond donors (Lipinski definition) is 1. The van der Waals surface area contributed by atoms with E-state index in [1.807, 2.05) is 0 Å². The zero-order chi connectivity index (χ0) is 9.42. The van der Waals surface area contributed by atoms with Crippen molar-refractivity contribution in [3.63, 3.8) is 0 Å². The van der Waals surface area contributed by atoms with Crippen molar-refractivity contribution in [1.82, 2.24) is 4.98 Å². The Kier molecular flexibility index (Phi) is 2.35. The van der Waals surface area contributed by atoms with Crippen LogP contribution in [0.2, 0.25) is 10.2 Å². The van der Waals surface area contributed by atoms with E-state index in [0.29, 0.717) is 22.0 Å². The first kappa shape index (κ1) is 9.10. The average molecular weight is 217 g/mol. The van der Waals surface area contributed by atoms with Gasteiger partial charge in [-0.1, -0.05) is 30.1 Å². The molecule has 1 saturated carbocycles. The van der Waals surface area contributed by atoms with Crippen LogP contribution < -0.4 is 5.32 Å². The van der Waals surface area contributed by atoms with Gasteiger partial charge in [-0.15, -0.1) is 0 Å². The molecule has 2 nitrogen and oxygen atoms in total. The molecule has 0 spiro atoms. The Labute approximate surface area is 87.3 Å². The van der Waals surface area contributed by atoms with Crippen molar-refractivity contribution in [1.29, 1.82) is 0 Å². The Morgan fingerprint density at radius 2 is 2.15 bits per heavy atom. The molecule has 1 aromatic rings. The minimum Gasteiger partial charge on any atom is -0.366 e. The van der Waals surface area contributed by atoms with Crippen molar-refractivity contribution in [3.8, 4) is 0 Å². The highest BCUT2D eigenvalue weighted by atomic mass is 35.5. The van der Waals surface area contributed by atoms with Crippen LogP contribution in [0.4, 0.5) is 5.82 Å². The van der Waals surface area contributed by atoms with Crippen LogP contribution in [-0.4, -0.2) is 11.0 Å². The molecule has 0 amide bonds. The van der Waals surface area contributed by atoms with E-state index in [9.17, 15) is 0 Å². The summed E-state index contributed by atoms with van der Waals surface area (Å²) in [4.78, 5) is 4.11. The first-order valence-corrected chi connectivity index (χ1v) is 5.01. The lowest BCUT2D eigenvalue weighted by Crippen LogP contribution is -2.05. The van der Waals surface area contributed by atoms with Gasteiger partial charge in [-0.2, -0.15) is 0 Å². The van der Waals surface area contributed by atoms with E-state index in [1.165, 1.54) is 6.42 Å². The van der Waals surface area contributed by atoms with Crippen molar-refractivity contribution >= 4 is 29.0 Å². The standard InChI is InChI=1S/C9H10Cl2N2/c1-5-4-7(5)12-9-6(10)2-3-8(11)13-9/h2-3,5,7H,4H2,1H3,(H,12,13)/t5-,7-/m1/s1. The fraction of sp³-hybridized carbons (Fsp3) is 0.444. The fourth-order valence-electron chi connectivity index (χ4n) is 1.22. The Hall–Kier alpha value is -0.470. The second-order valence-electron chi connectivity index (χ2n) is 3.43. The summed E-state index contributed by atoms with van der Waals surface area (Å²) in [6.45, 7) is 2.19. The molecular formula is C9H10Cl2N2. The molecule has 0 saturated heterocycles. The summed E-state index contributed by atoms with van der Waals surface area (Å²) in [6, 6.07) is 3.96. The van der Waals surface area contributed by atoms with E-state index in [-0.39, 0.29) is 0 Å². The summed E-state index contributed by atoms with van der Waals surface area (Å²) >= 11 is 11.7. The van der Waals surface area contributed by atoms with Crippen molar-refractivity contribution in [2.75, 3.05) is 5.32 Å². The predicted octanol–water partition coefficient (Wildman–Crippen LogP) is 3.21. The maximum atomic E-state index is 5.93. The van der Waals surface area contributed by atoms with E-state index in [1.54, 1.807) is 12.1 Å². The molecule has 0 aliphatic heterocycles. The maximum Gasteiger partial charge on any atom is 0.146 e. The lowest BCUT2D eigenvalue weighted by atomic mass is 10.4. The normalized spacial score (nSPS) is 25.8. The highest BCUT2D eigenvalue weighted by Gasteiger charge is 2.33. The summed E-state index contributed by atoms with van der Waals surface area (Å²) < 4.78 is 0. The summed E-state index contributed by atoms with van der Waals surface area (Å²) in [7, 11) is 0. The van der Waals surface area contributed by atoms with E-state index < -0.39 is 0 Å². The minimum atomic E-state index is 0.472. The van der Waals surface area contributed by atoms with Gasteiger partial charge in [0.25, 0.3) is 0 Å². The van der Waals surface area contributed by atoms with Gasteiger partial charge in [0.15, 0.2) is 0 Å². The Balaban J connectivity index is 2.14. The lowest BCUT2D eigenvalue weighted by Gasteiger charge is -2.05. The van der Waals surface area contributed by atoms with Crippen LogP contribution in [0, 0.1) is 5.92 Å². The number of pyridine rings is 1. The number of halogens is 2. The number of anilines is 1. The van der Waals surface area contributed by atoms with Gasteiger partial charge in [-0.25, -0.2) is 4.98 Å². The van der Waals surface area contributed by atoms with Crippen LogP contribution in [0.3, 0.4) is 0 Å². The van der Waals surface area contributed by atoms with Crippen LogP contribution in [0.15, 0.2) is 12.1 Å². The Morgan fingerprint density at radius 1 is 1.46 bits per heavy atom. The monoisotopic (exact) mass is 216 g/mol. The van der Waals surface area contributed by atoms with E-state index >= 15 is 0 Å². The van der Waals surface area contributed by atoms with Gasteiger partial charge in [0, 0.05) is 6.04 Å². The summed E-state index contributed by atoms with van der Waals surface area (Å²) in [5.74, 6) is 1.42. The van der Waals surface area contributed by atoms with Crippen LogP contribution >= 0.6 is 23.2 Å². The molecule has 1 fully saturated rings. The number of rotatable bonds is 2. The van der Waals surface area contributed by atoms with Gasteiger partial charge in [0.2, 0.25) is 0 Å². The molecule has 2 atom stereocenters. The molecule has 0 bridgehead atoms. The zero-order valence-corrected chi connectivity index (χ0v) is 8.73. The van der Waals surface area contributed by atoms with E-state index in [2.05, 4.69) is 17.2 Å². The van der Waals surface area contributed by atoms with Crippen LogP contribution in [0.1, 0.15) is 13.3 Å². The number of nitrogens with zero attached hydrogens (tertiary/aromatic N) is 1. The molecule has 2 rings (SSSR count). The zero-order valence-electron chi connectivity index (χ0n) is 7.22. The molecule has 0 aromatic carbocycles. The van der Waals surface area contributed by atoms with Crippen LogP contribution in [-0.2, 0) is 0 Å². The average Bonchev–Trinajstić information content (AvgIpc) is 2.75. The second kappa shape index (κ2) is 3.35. The smallest absolute Gasteiger partial charge is 0.146 e. The van der Waals surface area contributed by atoms with Gasteiger partial charge < -0.3 is 5.32 Å². The molecule has 1 N–H and O–H groups in total. The molecule has 1 heterocycles. The van der Waals surface area contributed by atoms with E-state index in [0.717, 1.165) is 5.92 Å². The topological polar surface area (TPSA) is 24.9 Å². The quantitative estimate of drug-likeness (QED) is 0.769. The molecule has 0 radical (unpaired) electrons. The second-order valence-corrected chi connectivity index (χ2v) is 4.22. The van der Waals surface area contributed by atoms with Gasteiger partial charge in [0.05, 0.1) is 5.02 Å². The van der Waals surface area contributed by atoms with Crippen LogP contribution in [0.5, 0.6) is 0 Å². The number of aromatic nitrogens is 1. The third-order valence-electron chi connectivity index (χ3n) is 2.24. The molecule has 70 valence electrons. The van der Waals surface area contributed by atoms with Crippen molar-refractivity contribution in [2.45, 2.75) is 19.4 Å². The largest absolute Gasteiger partial charge is 0.366 e. The van der Waals surface area contributed by atoms with Crippen LogP contribution in [0.25, 0.3) is 0 Å². The summed E-state index contributed by atoms with van der Waals surface area (Å²) in [6.07, 6.45) is 1.19. The highest BCUT2D eigenvalue weighted by Crippen LogP contribution is 2.34. The fourth-order valence-corrected chi connectivity index (χ4v) is 1.53. The highest BCUT2D eigenvalue weighted by molar-refractivity contribution is 6.34. The third kappa shape index (κ3) is 2.06. The third-order valence-corrected chi connectivity index (χ3v) is 2.76. The molecule has 1 aromatic heterocycles. The van der Waals surface area contributed by atoms with E-state index in [4.69, 9.17) is 23.2 Å². The number of nitrogens with one attached hydrogen (secondary N) is 1. The van der Waals surface area contributed by atoms with Gasteiger partial charge in [0.1, 0.15) is 11.0 Å². The van der Waals surface area contributed by atoms with Crippen molar-refractivity contribution in [3.05, 3.63) is 22.3 Å². The molecular weight excluding hydrogens is 207 g/mol. The summed E-state index contributed by atoms with van der Waals surface area (Å²) in [5, 5.41) is 4.35.